The summed E-state index contributed by atoms with van der Waals surface area (Å²) in [7, 11) is 0. The van der Waals surface area contributed by atoms with Gasteiger partial charge in [-0.2, -0.15) is 0 Å². The van der Waals surface area contributed by atoms with Crippen molar-refractivity contribution in [1.82, 2.24) is 0 Å². The molecule has 0 saturated heterocycles. The first-order valence-corrected chi connectivity index (χ1v) is 2.44. The van der Waals surface area contributed by atoms with Crippen LogP contribution in [0, 0.1) is 11.8 Å². The van der Waals surface area contributed by atoms with Crippen molar-refractivity contribution in [2.24, 2.45) is 5.92 Å². The lowest BCUT2D eigenvalue weighted by Gasteiger charge is -1.93. The average Bonchev–Trinajstić information content (AvgIpc) is 1.36. The molecule has 0 heterocycles. The smallest absolute Gasteiger partial charge is 0.0216 e. The molecule has 0 fully saturated rings. The fraction of sp³-hybridized carbons (Fsp3) is 0.833. The zero-order valence-electron chi connectivity index (χ0n) is 5.08. The molecule has 0 nitrogen and oxygen atoms in total. The number of rotatable bonds is 1. The summed E-state index contributed by atoms with van der Waals surface area (Å²) >= 11 is 0. The second-order valence-corrected chi connectivity index (χ2v) is 2.23. The van der Waals surface area contributed by atoms with Crippen LogP contribution < -0.4 is 0 Å². The highest BCUT2D eigenvalue weighted by molar-refractivity contribution is 4.79. The monoisotopic (exact) mass is 86.1 g/mol. The molecule has 0 atom stereocenters. The van der Waals surface area contributed by atoms with Crippen molar-refractivity contribution in [2.45, 2.75) is 27.7 Å². The Hall–Kier alpha value is -0.130. The molecule has 0 bridgehead atoms. The largest absolute Gasteiger partial charge is 0.0940 e. The standard InChI is InChI=1S/C6H13/c1-5(2)6(3)4/h5H,1-4H3/q+1/i6+1. The van der Waals surface area contributed by atoms with E-state index < -0.39 is 0 Å². The molecule has 0 spiro atoms. The van der Waals surface area contributed by atoms with Crippen LogP contribution in [-0.4, -0.2) is 0 Å². The Balaban J connectivity index is 2.99. The summed E-state index contributed by atoms with van der Waals surface area (Å²) in [5.74, 6) is 2.28. The highest BCUT2D eigenvalue weighted by atomic mass is 14.4. The van der Waals surface area contributed by atoms with Gasteiger partial charge in [-0.15, -0.1) is 0 Å². The Bertz CT molecular complexity index is 21.0. The molecule has 0 aromatic rings. The predicted octanol–water partition coefficient (Wildman–Crippen LogP) is 2.26. The van der Waals surface area contributed by atoms with Crippen molar-refractivity contribution in [3.63, 3.8) is 0 Å². The maximum Gasteiger partial charge on any atom is 0.0940 e. The Morgan fingerprint density at radius 2 is 1.33 bits per heavy atom. The van der Waals surface area contributed by atoms with Gasteiger partial charge in [0, 0.05) is 0 Å². The lowest BCUT2D eigenvalue weighted by Crippen LogP contribution is -1.93. The van der Waals surface area contributed by atoms with Crippen molar-refractivity contribution < 1.29 is 0 Å². The molecule has 0 aliphatic heterocycles. The molecule has 0 saturated carbocycles. The summed E-state index contributed by atoms with van der Waals surface area (Å²) in [6, 6.07) is 0. The van der Waals surface area contributed by atoms with Crippen LogP contribution in [-0.2, 0) is 0 Å². The van der Waals surface area contributed by atoms with Crippen molar-refractivity contribution in [3.05, 3.63) is 5.92 Å². The Labute approximate surface area is 40.6 Å². The van der Waals surface area contributed by atoms with Gasteiger partial charge in [0.2, 0.25) is 0 Å². The molecule has 0 heteroatoms. The minimum absolute atomic E-state index is 0.769. The zero-order chi connectivity index (χ0) is 5.15. The third-order valence-electron chi connectivity index (χ3n) is 1.15. The predicted molar refractivity (Wildman–Crippen MR) is 29.4 cm³/mol. The first-order valence-electron chi connectivity index (χ1n) is 2.44. The minimum Gasteiger partial charge on any atom is -0.0216 e. The highest BCUT2D eigenvalue weighted by Crippen LogP contribution is 2.08. The molecule has 0 N–H and O–H groups in total. The van der Waals surface area contributed by atoms with E-state index in [1.165, 1.54) is 5.92 Å². The van der Waals surface area contributed by atoms with Crippen LogP contribution in [0.1, 0.15) is 27.7 Å². The fourth-order valence-corrected chi connectivity index (χ4v) is 0. The van der Waals surface area contributed by atoms with E-state index in [0.29, 0.717) is 0 Å². The van der Waals surface area contributed by atoms with Crippen molar-refractivity contribution in [1.29, 1.82) is 0 Å². The molecule has 6 heavy (non-hydrogen) atoms. The van der Waals surface area contributed by atoms with Gasteiger partial charge in [0.05, 0.1) is 25.7 Å². The van der Waals surface area contributed by atoms with Gasteiger partial charge in [0.1, 0.15) is 0 Å². The molecule has 0 unspecified atom stereocenters. The highest BCUT2D eigenvalue weighted by Gasteiger charge is 2.07. The van der Waals surface area contributed by atoms with Gasteiger partial charge in [-0.3, -0.25) is 0 Å². The van der Waals surface area contributed by atoms with Gasteiger partial charge >= 0.3 is 0 Å². The Kier molecular flexibility index (Phi) is 2.07. The first-order chi connectivity index (χ1) is 2.64. The van der Waals surface area contributed by atoms with E-state index in [1.807, 2.05) is 0 Å². The summed E-state index contributed by atoms with van der Waals surface area (Å²) in [4.78, 5) is 0. The van der Waals surface area contributed by atoms with Crippen LogP contribution in [0.4, 0.5) is 0 Å². The van der Waals surface area contributed by atoms with Crippen LogP contribution >= 0.6 is 0 Å². The summed E-state index contributed by atoms with van der Waals surface area (Å²) in [6.45, 7) is 8.72. The second-order valence-electron chi connectivity index (χ2n) is 2.23. The quantitative estimate of drug-likeness (QED) is 0.339. The summed E-state index contributed by atoms with van der Waals surface area (Å²) in [5, 5.41) is 0. The minimum atomic E-state index is 0.769. The fourth-order valence-electron chi connectivity index (χ4n) is 0. The van der Waals surface area contributed by atoms with E-state index in [9.17, 15) is 0 Å². The first kappa shape index (κ1) is 5.87. The van der Waals surface area contributed by atoms with Gasteiger partial charge < -0.3 is 0 Å². The van der Waals surface area contributed by atoms with Gasteiger partial charge in [-0.1, -0.05) is 0 Å². The average molecular weight is 86.2 g/mol. The Morgan fingerprint density at radius 3 is 1.33 bits per heavy atom. The maximum absolute atomic E-state index is 2.20. The van der Waals surface area contributed by atoms with Crippen molar-refractivity contribution in [3.8, 4) is 0 Å². The molecule has 0 aliphatic carbocycles. The zero-order valence-corrected chi connectivity index (χ0v) is 5.08. The van der Waals surface area contributed by atoms with Gasteiger partial charge in [-0.05, 0) is 13.8 Å². The van der Waals surface area contributed by atoms with E-state index in [-0.39, 0.29) is 0 Å². The maximum atomic E-state index is 2.20. The molecule has 0 aromatic carbocycles. The third kappa shape index (κ3) is 2.13. The molecule has 0 aromatic heterocycles. The second kappa shape index (κ2) is 2.12. The molecular weight excluding hydrogens is 73.1 g/mol. The molecule has 0 aliphatic rings. The van der Waals surface area contributed by atoms with E-state index in [2.05, 4.69) is 27.7 Å². The van der Waals surface area contributed by atoms with Crippen LogP contribution in [0.25, 0.3) is 0 Å². The number of hydrogen-bond donors (Lipinski definition) is 0. The van der Waals surface area contributed by atoms with Crippen LogP contribution in [0.5, 0.6) is 0 Å². The van der Waals surface area contributed by atoms with Crippen LogP contribution in [0.3, 0.4) is 0 Å². The van der Waals surface area contributed by atoms with Crippen LogP contribution in [0.15, 0.2) is 0 Å². The van der Waals surface area contributed by atoms with Crippen LogP contribution in [0.2, 0.25) is 0 Å². The van der Waals surface area contributed by atoms with Gasteiger partial charge in [-0.25, -0.2) is 0 Å². The molecule has 0 rings (SSSR count). The summed E-state index contributed by atoms with van der Waals surface area (Å²) < 4.78 is 0. The lowest BCUT2D eigenvalue weighted by molar-refractivity contribution is 0.670. The topological polar surface area (TPSA) is 0 Å². The molecule has 0 amide bonds. The van der Waals surface area contributed by atoms with E-state index in [1.54, 1.807) is 0 Å². The molecule has 0 radical (unpaired) electrons. The van der Waals surface area contributed by atoms with Gasteiger partial charge in [0.25, 0.3) is 0 Å². The van der Waals surface area contributed by atoms with E-state index in [0.717, 1.165) is 5.92 Å². The SMILES string of the molecule is CC(C)[13C+](C)C. The summed E-state index contributed by atoms with van der Waals surface area (Å²) in [6.07, 6.45) is 0. The molecular formula is C6H13+. The normalized spacial score (nSPS) is 9.50. The number of hydrogen-bond acceptors (Lipinski definition) is 0. The van der Waals surface area contributed by atoms with E-state index >= 15 is 0 Å². The van der Waals surface area contributed by atoms with E-state index in [4.69, 9.17) is 0 Å². The Morgan fingerprint density at radius 1 is 1.17 bits per heavy atom. The molecule has 36 valence electrons. The van der Waals surface area contributed by atoms with Crippen molar-refractivity contribution >= 4 is 0 Å². The lowest BCUT2D eigenvalue weighted by atomic mass is 10.3. The van der Waals surface area contributed by atoms with Gasteiger partial charge in [0.15, 0.2) is 0 Å². The third-order valence-corrected chi connectivity index (χ3v) is 1.15. The van der Waals surface area contributed by atoms with Crippen molar-refractivity contribution in [2.75, 3.05) is 0 Å². The summed E-state index contributed by atoms with van der Waals surface area (Å²) in [5.41, 5.74) is 0.